The van der Waals surface area contributed by atoms with Gasteiger partial charge in [-0.25, -0.2) is 9.78 Å². The second-order valence-corrected chi connectivity index (χ2v) is 6.03. The number of aromatic nitrogens is 3. The van der Waals surface area contributed by atoms with E-state index in [1.807, 2.05) is 48.8 Å². The molecule has 7 heteroatoms. The molecule has 1 aliphatic heterocycles. The maximum Gasteiger partial charge on any atom is 0.322 e. The second-order valence-electron chi connectivity index (χ2n) is 6.03. The number of ether oxygens (including phenoxy) is 1. The van der Waals surface area contributed by atoms with E-state index in [1.165, 1.54) is 0 Å². The van der Waals surface area contributed by atoms with Crippen LogP contribution in [0.2, 0.25) is 0 Å². The van der Waals surface area contributed by atoms with Gasteiger partial charge in [0.1, 0.15) is 18.1 Å². The summed E-state index contributed by atoms with van der Waals surface area (Å²) in [6, 6.07) is 13.0. The lowest BCUT2D eigenvalue weighted by Gasteiger charge is -2.29. The number of para-hydroxylation sites is 1. The van der Waals surface area contributed by atoms with Gasteiger partial charge < -0.3 is 19.5 Å². The summed E-state index contributed by atoms with van der Waals surface area (Å²) in [6.07, 6.45) is 5.18. The van der Waals surface area contributed by atoms with E-state index in [0.717, 1.165) is 23.6 Å². The first-order valence-electron chi connectivity index (χ1n) is 8.46. The number of carbonyl (C=O) groups excluding carboxylic acids is 1. The van der Waals surface area contributed by atoms with Gasteiger partial charge in [0.15, 0.2) is 0 Å². The minimum atomic E-state index is -0.109. The van der Waals surface area contributed by atoms with Crippen molar-refractivity contribution >= 4 is 11.7 Å². The lowest BCUT2D eigenvalue weighted by molar-refractivity contribution is 0.196. The fourth-order valence-corrected chi connectivity index (χ4v) is 2.91. The maximum atomic E-state index is 12.5. The van der Waals surface area contributed by atoms with Gasteiger partial charge in [0.2, 0.25) is 0 Å². The molecule has 0 saturated heterocycles. The molecule has 7 nitrogen and oxygen atoms in total. The summed E-state index contributed by atoms with van der Waals surface area (Å²) < 4.78 is 7.83. The fourth-order valence-electron chi connectivity index (χ4n) is 2.91. The smallest absolute Gasteiger partial charge is 0.322 e. The average molecular weight is 349 g/mol. The van der Waals surface area contributed by atoms with Crippen LogP contribution in [0.5, 0.6) is 5.75 Å². The van der Waals surface area contributed by atoms with Crippen molar-refractivity contribution in [1.29, 1.82) is 0 Å². The van der Waals surface area contributed by atoms with Crippen molar-refractivity contribution in [3.63, 3.8) is 0 Å². The summed E-state index contributed by atoms with van der Waals surface area (Å²) in [4.78, 5) is 22.8. The van der Waals surface area contributed by atoms with Crippen LogP contribution < -0.4 is 10.1 Å². The third-order valence-electron chi connectivity index (χ3n) is 4.31. The van der Waals surface area contributed by atoms with Gasteiger partial charge in [-0.3, -0.25) is 4.98 Å². The Kier molecular flexibility index (Phi) is 4.51. The summed E-state index contributed by atoms with van der Waals surface area (Å²) in [5, 5.41) is 2.93. The van der Waals surface area contributed by atoms with Crippen molar-refractivity contribution in [2.75, 3.05) is 11.9 Å². The lowest BCUT2D eigenvalue weighted by atomic mass is 10.2. The molecule has 0 atom stereocenters. The number of nitrogens with one attached hydrogen (secondary N) is 1. The number of pyridine rings is 1. The third-order valence-corrected chi connectivity index (χ3v) is 4.31. The molecule has 0 aliphatic carbocycles. The number of anilines is 1. The number of benzene rings is 1. The molecule has 3 heterocycles. The minimum absolute atomic E-state index is 0.109. The highest BCUT2D eigenvalue weighted by Gasteiger charge is 2.24. The summed E-state index contributed by atoms with van der Waals surface area (Å²) in [7, 11) is 0. The number of hydrogen-bond donors (Lipinski definition) is 1. The summed E-state index contributed by atoms with van der Waals surface area (Å²) in [5.41, 5.74) is 2.63. The van der Waals surface area contributed by atoms with Gasteiger partial charge in [-0.05, 0) is 24.3 Å². The van der Waals surface area contributed by atoms with Crippen LogP contribution in [0.3, 0.4) is 0 Å². The Morgan fingerprint density at radius 3 is 2.85 bits per heavy atom. The molecule has 0 radical (unpaired) electrons. The second kappa shape index (κ2) is 7.26. The molecule has 0 unspecified atom stereocenters. The van der Waals surface area contributed by atoms with E-state index in [4.69, 9.17) is 4.74 Å². The van der Waals surface area contributed by atoms with Crippen molar-refractivity contribution in [3.8, 4) is 5.75 Å². The highest BCUT2D eigenvalue weighted by Crippen LogP contribution is 2.19. The lowest BCUT2D eigenvalue weighted by Crippen LogP contribution is -2.40. The van der Waals surface area contributed by atoms with Crippen LogP contribution in [0.4, 0.5) is 10.5 Å². The first kappa shape index (κ1) is 16.1. The molecular weight excluding hydrogens is 330 g/mol. The van der Waals surface area contributed by atoms with Gasteiger partial charge in [-0.2, -0.15) is 0 Å². The Labute approximate surface area is 151 Å². The molecule has 4 rings (SSSR count). The largest absolute Gasteiger partial charge is 0.486 e. The predicted octanol–water partition coefficient (Wildman–Crippen LogP) is 2.90. The van der Waals surface area contributed by atoms with Gasteiger partial charge >= 0.3 is 6.03 Å². The van der Waals surface area contributed by atoms with Crippen molar-refractivity contribution in [1.82, 2.24) is 19.4 Å². The Balaban J connectivity index is 1.42. The van der Waals surface area contributed by atoms with Crippen molar-refractivity contribution in [3.05, 3.63) is 72.6 Å². The Bertz CT molecular complexity index is 879. The molecule has 0 bridgehead atoms. The number of amides is 2. The van der Waals surface area contributed by atoms with E-state index in [2.05, 4.69) is 19.9 Å². The van der Waals surface area contributed by atoms with Gasteiger partial charge in [-0.1, -0.05) is 18.2 Å². The number of carbonyl (C=O) groups is 1. The molecule has 0 spiro atoms. The third kappa shape index (κ3) is 3.51. The highest BCUT2D eigenvalue weighted by atomic mass is 16.5. The summed E-state index contributed by atoms with van der Waals surface area (Å²) in [5.74, 6) is 0.698. The molecule has 0 fully saturated rings. The van der Waals surface area contributed by atoms with E-state index >= 15 is 0 Å². The molecule has 3 aromatic rings. The molecule has 2 aromatic heterocycles. The molecular formula is C19H19N5O2. The Morgan fingerprint density at radius 2 is 2.04 bits per heavy atom. The van der Waals surface area contributed by atoms with Gasteiger partial charge in [-0.15, -0.1) is 0 Å². The first-order valence-corrected chi connectivity index (χ1v) is 8.46. The number of nitrogens with zero attached hydrogens (tertiary/aromatic N) is 4. The predicted molar refractivity (Wildman–Crippen MR) is 96.7 cm³/mol. The van der Waals surface area contributed by atoms with Crippen molar-refractivity contribution < 1.29 is 9.53 Å². The summed E-state index contributed by atoms with van der Waals surface area (Å²) >= 11 is 0. The number of hydrogen-bond acceptors (Lipinski definition) is 4. The van der Waals surface area contributed by atoms with Crippen molar-refractivity contribution in [2.24, 2.45) is 0 Å². The van der Waals surface area contributed by atoms with Crippen LogP contribution in [-0.2, 0) is 19.7 Å². The fraction of sp³-hybridized carbons (Fsp3) is 0.211. The number of fused-ring (bicyclic) bond motifs is 1. The van der Waals surface area contributed by atoms with E-state index in [9.17, 15) is 4.79 Å². The van der Waals surface area contributed by atoms with Crippen LogP contribution in [0.1, 0.15) is 11.4 Å². The van der Waals surface area contributed by atoms with Gasteiger partial charge in [0, 0.05) is 25.0 Å². The van der Waals surface area contributed by atoms with Gasteiger partial charge in [0.25, 0.3) is 0 Å². The first-order chi connectivity index (χ1) is 12.8. The maximum absolute atomic E-state index is 12.5. The molecule has 2 amide bonds. The quantitative estimate of drug-likeness (QED) is 0.786. The Hall–Kier alpha value is -3.35. The molecule has 1 aliphatic rings. The zero-order valence-corrected chi connectivity index (χ0v) is 14.2. The minimum Gasteiger partial charge on any atom is -0.486 e. The molecule has 1 aromatic carbocycles. The van der Waals surface area contributed by atoms with Crippen LogP contribution in [0.15, 0.2) is 61.2 Å². The van der Waals surface area contributed by atoms with Crippen molar-refractivity contribution in [2.45, 2.75) is 19.7 Å². The SMILES string of the molecule is O=C(Nc1ccccc1)N1CCn2cnc(COc3cccnc3)c2C1. The molecule has 0 saturated carbocycles. The average Bonchev–Trinajstić information content (AvgIpc) is 3.10. The van der Waals surface area contributed by atoms with Crippen LogP contribution >= 0.6 is 0 Å². The van der Waals surface area contributed by atoms with Crippen LogP contribution in [-0.4, -0.2) is 32.0 Å². The molecule has 26 heavy (non-hydrogen) atoms. The van der Waals surface area contributed by atoms with Crippen LogP contribution in [0, 0.1) is 0 Å². The zero-order chi connectivity index (χ0) is 17.8. The van der Waals surface area contributed by atoms with E-state index in [0.29, 0.717) is 25.4 Å². The highest BCUT2D eigenvalue weighted by molar-refractivity contribution is 5.89. The standard InChI is InChI=1S/C19H19N5O2/c25-19(22-15-5-2-1-3-6-15)23-9-10-24-14-21-17(18(24)12-23)13-26-16-7-4-8-20-11-16/h1-8,11,14H,9-10,12-13H2,(H,22,25). The zero-order valence-electron chi connectivity index (χ0n) is 14.2. The number of imidazole rings is 1. The van der Waals surface area contributed by atoms with E-state index in [-0.39, 0.29) is 6.03 Å². The number of rotatable bonds is 4. The Morgan fingerprint density at radius 1 is 1.15 bits per heavy atom. The number of urea groups is 1. The molecule has 1 N–H and O–H groups in total. The van der Waals surface area contributed by atoms with E-state index < -0.39 is 0 Å². The van der Waals surface area contributed by atoms with Crippen LogP contribution in [0.25, 0.3) is 0 Å². The molecule has 132 valence electrons. The van der Waals surface area contributed by atoms with E-state index in [1.54, 1.807) is 17.3 Å². The topological polar surface area (TPSA) is 72.3 Å². The summed E-state index contributed by atoms with van der Waals surface area (Å²) in [6.45, 7) is 2.22. The monoisotopic (exact) mass is 349 g/mol. The normalized spacial score (nSPS) is 13.2. The van der Waals surface area contributed by atoms with Gasteiger partial charge in [0.05, 0.1) is 24.8 Å².